The van der Waals surface area contributed by atoms with E-state index in [1.807, 2.05) is 0 Å². The average molecular weight is 352 g/mol. The van der Waals surface area contributed by atoms with E-state index in [1.54, 1.807) is 11.1 Å². The summed E-state index contributed by atoms with van der Waals surface area (Å²) >= 11 is 0. The molecular formula is C23H28O3. The van der Waals surface area contributed by atoms with Crippen molar-refractivity contribution >= 4 is 11.8 Å². The zero-order chi connectivity index (χ0) is 17.9. The molecule has 0 aromatic carbocycles. The maximum Gasteiger partial charge on any atom is 0.306 e. The zero-order valence-electron chi connectivity index (χ0n) is 15.9. The van der Waals surface area contributed by atoms with Gasteiger partial charge in [0.2, 0.25) is 0 Å². The molecule has 138 valence electrons. The van der Waals surface area contributed by atoms with Crippen molar-refractivity contribution in [2.45, 2.75) is 77.2 Å². The van der Waals surface area contributed by atoms with Crippen LogP contribution in [0.5, 0.6) is 0 Å². The maximum atomic E-state index is 12.1. The Bertz CT molecular complexity index is 819. The van der Waals surface area contributed by atoms with E-state index in [0.717, 1.165) is 32.1 Å². The first-order chi connectivity index (χ1) is 12.4. The highest BCUT2D eigenvalue weighted by atomic mass is 16.6. The second-order valence-corrected chi connectivity index (χ2v) is 10.3. The molecule has 3 heteroatoms. The van der Waals surface area contributed by atoms with E-state index in [2.05, 4.69) is 19.9 Å². The first-order valence-corrected chi connectivity index (χ1v) is 10.5. The Labute approximate surface area is 155 Å². The molecule has 3 saturated carbocycles. The van der Waals surface area contributed by atoms with Gasteiger partial charge in [0.15, 0.2) is 0 Å². The standard InChI is InChI=1S/C23H28O3/c1-21-7-3-13(24)11-18(21)14-12-15(14)20-16(21)4-8-22(2)17(20)5-9-23(22)10-6-19(25)26-23/h4,15,17,20H,3,5-12H2,1-2H3. The molecule has 0 bridgehead atoms. The van der Waals surface area contributed by atoms with Crippen molar-refractivity contribution in [2.75, 3.05) is 0 Å². The van der Waals surface area contributed by atoms with E-state index in [0.29, 0.717) is 36.4 Å². The largest absolute Gasteiger partial charge is 0.458 e. The van der Waals surface area contributed by atoms with Crippen LogP contribution in [0.15, 0.2) is 22.8 Å². The fourth-order valence-corrected chi connectivity index (χ4v) is 7.89. The normalized spacial score (nSPS) is 51.5. The quantitative estimate of drug-likeness (QED) is 0.476. The summed E-state index contributed by atoms with van der Waals surface area (Å²) in [5.41, 5.74) is 4.78. The number of ketones is 1. The van der Waals surface area contributed by atoms with Crippen molar-refractivity contribution in [3.05, 3.63) is 22.8 Å². The summed E-state index contributed by atoms with van der Waals surface area (Å²) in [6.45, 7) is 4.82. The van der Waals surface area contributed by atoms with Gasteiger partial charge in [-0.15, -0.1) is 0 Å². The summed E-state index contributed by atoms with van der Waals surface area (Å²) in [6, 6.07) is 0. The van der Waals surface area contributed by atoms with Crippen molar-refractivity contribution in [1.82, 2.24) is 0 Å². The molecule has 6 atom stereocenters. The molecule has 1 spiro atoms. The third-order valence-corrected chi connectivity index (χ3v) is 9.43. The summed E-state index contributed by atoms with van der Waals surface area (Å²) < 4.78 is 6.03. The third-order valence-electron chi connectivity index (χ3n) is 9.43. The molecule has 5 aliphatic carbocycles. The molecule has 6 unspecified atom stereocenters. The van der Waals surface area contributed by atoms with Crippen LogP contribution in [0.25, 0.3) is 0 Å². The van der Waals surface area contributed by atoms with Crippen molar-refractivity contribution in [3.63, 3.8) is 0 Å². The first-order valence-electron chi connectivity index (χ1n) is 10.5. The Morgan fingerprint density at radius 1 is 1.12 bits per heavy atom. The number of Topliss-reactive ketones (excluding diaryl/α,β-unsaturated/α-hetero) is 1. The lowest BCUT2D eigenvalue weighted by Gasteiger charge is -2.54. The van der Waals surface area contributed by atoms with Crippen LogP contribution in [-0.4, -0.2) is 17.4 Å². The molecule has 0 aromatic rings. The van der Waals surface area contributed by atoms with Gasteiger partial charge in [-0.25, -0.2) is 0 Å². The number of fused-ring (bicyclic) bond motifs is 8. The van der Waals surface area contributed by atoms with Gasteiger partial charge in [-0.1, -0.05) is 36.6 Å². The molecular weight excluding hydrogens is 324 g/mol. The smallest absolute Gasteiger partial charge is 0.306 e. The van der Waals surface area contributed by atoms with E-state index in [1.165, 1.54) is 18.4 Å². The van der Waals surface area contributed by atoms with Crippen molar-refractivity contribution in [2.24, 2.45) is 28.6 Å². The van der Waals surface area contributed by atoms with Crippen LogP contribution in [0.4, 0.5) is 0 Å². The van der Waals surface area contributed by atoms with Gasteiger partial charge in [0.05, 0.1) is 0 Å². The van der Waals surface area contributed by atoms with E-state index >= 15 is 0 Å². The average Bonchev–Trinajstić information content (AvgIpc) is 3.23. The lowest BCUT2D eigenvalue weighted by atomic mass is 9.51. The lowest BCUT2D eigenvalue weighted by Crippen LogP contribution is -2.51. The Balaban J connectivity index is 1.45. The highest BCUT2D eigenvalue weighted by Crippen LogP contribution is 2.73. The number of esters is 1. The molecule has 1 heterocycles. The van der Waals surface area contributed by atoms with Crippen molar-refractivity contribution in [1.29, 1.82) is 0 Å². The summed E-state index contributed by atoms with van der Waals surface area (Å²) in [6.07, 6.45) is 11.0. The molecule has 0 amide bonds. The van der Waals surface area contributed by atoms with Gasteiger partial charge in [0.1, 0.15) is 11.4 Å². The number of carbonyl (C=O) groups is 2. The van der Waals surface area contributed by atoms with Crippen LogP contribution in [0.2, 0.25) is 0 Å². The predicted molar refractivity (Wildman–Crippen MR) is 97.2 cm³/mol. The van der Waals surface area contributed by atoms with Gasteiger partial charge < -0.3 is 4.74 Å². The van der Waals surface area contributed by atoms with Gasteiger partial charge >= 0.3 is 5.97 Å². The number of rotatable bonds is 0. The fourth-order valence-electron chi connectivity index (χ4n) is 7.89. The maximum absolute atomic E-state index is 12.1. The van der Waals surface area contributed by atoms with Gasteiger partial charge in [-0.2, -0.15) is 0 Å². The third kappa shape index (κ3) is 1.63. The minimum absolute atomic E-state index is 0.0114. The topological polar surface area (TPSA) is 43.4 Å². The van der Waals surface area contributed by atoms with Crippen molar-refractivity contribution < 1.29 is 14.3 Å². The number of allylic oxidation sites excluding steroid dienone is 4. The molecule has 1 saturated heterocycles. The fraction of sp³-hybridized carbons (Fsp3) is 0.739. The minimum Gasteiger partial charge on any atom is -0.458 e. The highest BCUT2D eigenvalue weighted by molar-refractivity contribution is 5.84. The molecule has 1 aliphatic heterocycles. The molecule has 6 aliphatic rings. The Kier molecular flexibility index (Phi) is 2.73. The van der Waals surface area contributed by atoms with Crippen molar-refractivity contribution in [3.8, 4) is 0 Å². The van der Waals surface area contributed by atoms with E-state index in [-0.39, 0.29) is 22.4 Å². The molecule has 3 nitrogen and oxygen atoms in total. The van der Waals surface area contributed by atoms with Crippen LogP contribution in [0.3, 0.4) is 0 Å². The monoisotopic (exact) mass is 352 g/mol. The van der Waals surface area contributed by atoms with Gasteiger partial charge in [-0.3, -0.25) is 9.59 Å². The molecule has 26 heavy (non-hydrogen) atoms. The summed E-state index contributed by atoms with van der Waals surface area (Å²) in [7, 11) is 0. The summed E-state index contributed by atoms with van der Waals surface area (Å²) in [5, 5.41) is 0. The van der Waals surface area contributed by atoms with E-state index < -0.39 is 0 Å². The second-order valence-electron chi connectivity index (χ2n) is 10.3. The van der Waals surface area contributed by atoms with Crippen LogP contribution < -0.4 is 0 Å². The number of hydrogen-bond acceptors (Lipinski definition) is 3. The highest BCUT2D eigenvalue weighted by Gasteiger charge is 2.68. The molecule has 6 rings (SSSR count). The lowest BCUT2D eigenvalue weighted by molar-refractivity contribution is -0.160. The van der Waals surface area contributed by atoms with E-state index in [4.69, 9.17) is 4.74 Å². The Morgan fingerprint density at radius 2 is 1.96 bits per heavy atom. The van der Waals surface area contributed by atoms with Crippen LogP contribution in [0.1, 0.15) is 71.6 Å². The first kappa shape index (κ1) is 15.7. The second kappa shape index (κ2) is 4.54. The molecule has 4 fully saturated rings. The molecule has 0 radical (unpaired) electrons. The van der Waals surface area contributed by atoms with Crippen LogP contribution >= 0.6 is 0 Å². The van der Waals surface area contributed by atoms with Gasteiger partial charge in [0, 0.05) is 30.1 Å². The zero-order valence-corrected chi connectivity index (χ0v) is 15.9. The Morgan fingerprint density at radius 3 is 2.73 bits per heavy atom. The summed E-state index contributed by atoms with van der Waals surface area (Å²) in [5.74, 6) is 2.38. The number of ether oxygens (including phenoxy) is 1. The number of carbonyl (C=O) groups excluding carboxylic acids is 2. The predicted octanol–water partition coefficient (Wildman–Crippen LogP) is 4.51. The van der Waals surface area contributed by atoms with Gasteiger partial charge in [0.25, 0.3) is 0 Å². The van der Waals surface area contributed by atoms with Crippen LogP contribution in [-0.2, 0) is 14.3 Å². The molecule has 0 N–H and O–H groups in total. The minimum atomic E-state index is -0.209. The number of hydrogen-bond donors (Lipinski definition) is 0. The van der Waals surface area contributed by atoms with Crippen LogP contribution in [0, 0.1) is 28.6 Å². The SMILES string of the molecule is CC12CCC(=O)CC1=C1CC1C1C2=CCC2(C)C1CCC21CCC(=O)O1. The Hall–Kier alpha value is -1.38. The van der Waals surface area contributed by atoms with Gasteiger partial charge in [-0.05, 0) is 56.3 Å². The molecule has 0 aromatic heterocycles. The van der Waals surface area contributed by atoms with E-state index in [9.17, 15) is 9.59 Å². The summed E-state index contributed by atoms with van der Waals surface area (Å²) in [4.78, 5) is 24.1.